The number of nitrogens with zero attached hydrogens (tertiary/aromatic N) is 1. The van der Waals surface area contributed by atoms with Gasteiger partial charge in [0.1, 0.15) is 0 Å². The Kier molecular flexibility index (Phi) is 5.84. The quantitative estimate of drug-likeness (QED) is 0.811. The fourth-order valence-corrected chi connectivity index (χ4v) is 1.78. The first-order valence-corrected chi connectivity index (χ1v) is 6.46. The molecule has 0 fully saturated rings. The molecule has 0 aromatic heterocycles. The van der Waals surface area contributed by atoms with Gasteiger partial charge in [0, 0.05) is 6.04 Å². The van der Waals surface area contributed by atoms with E-state index < -0.39 is 0 Å². The molecule has 1 rings (SSSR count). The smallest absolute Gasteiger partial charge is 0.0991 e. The Morgan fingerprint density at radius 3 is 2.67 bits per heavy atom. The van der Waals surface area contributed by atoms with Gasteiger partial charge in [-0.15, -0.1) is 0 Å². The van der Waals surface area contributed by atoms with Crippen LogP contribution in [-0.2, 0) is 0 Å². The van der Waals surface area contributed by atoms with Crippen molar-refractivity contribution < 1.29 is 5.11 Å². The van der Waals surface area contributed by atoms with Gasteiger partial charge in [0.2, 0.25) is 0 Å². The molecule has 98 valence electrons. The lowest BCUT2D eigenvalue weighted by Gasteiger charge is -2.18. The first kappa shape index (κ1) is 14.7. The predicted molar refractivity (Wildman–Crippen MR) is 73.0 cm³/mol. The number of nitrogens with one attached hydrogen (secondary N) is 1. The fraction of sp³-hybridized carbons (Fsp3) is 0.533. The van der Waals surface area contributed by atoms with Crippen molar-refractivity contribution in [2.45, 2.75) is 39.3 Å². The molecule has 0 radical (unpaired) electrons. The normalized spacial score (nSPS) is 14.2. The molecule has 0 aliphatic carbocycles. The zero-order chi connectivity index (χ0) is 13.5. The van der Waals surface area contributed by atoms with Crippen molar-refractivity contribution in [3.63, 3.8) is 0 Å². The van der Waals surface area contributed by atoms with Crippen molar-refractivity contribution in [3.05, 3.63) is 35.4 Å². The summed E-state index contributed by atoms with van der Waals surface area (Å²) >= 11 is 0. The van der Waals surface area contributed by atoms with E-state index in [-0.39, 0.29) is 12.1 Å². The molecule has 0 spiro atoms. The van der Waals surface area contributed by atoms with E-state index in [1.807, 2.05) is 32.0 Å². The lowest BCUT2D eigenvalue weighted by Crippen LogP contribution is -2.25. The Morgan fingerprint density at radius 1 is 1.33 bits per heavy atom. The minimum Gasteiger partial charge on any atom is -0.393 e. The summed E-state index contributed by atoms with van der Waals surface area (Å²) < 4.78 is 0. The molecular weight excluding hydrogens is 224 g/mol. The molecule has 0 aliphatic rings. The second kappa shape index (κ2) is 7.15. The molecule has 3 nitrogen and oxygen atoms in total. The molecule has 1 aromatic rings. The SMILES string of the molecule is CC(NCCC(O)C(C)C)c1cccc(C#N)c1. The molecule has 2 atom stereocenters. The summed E-state index contributed by atoms with van der Waals surface area (Å²) in [6.07, 6.45) is 0.495. The van der Waals surface area contributed by atoms with Gasteiger partial charge < -0.3 is 10.4 Å². The van der Waals surface area contributed by atoms with Crippen molar-refractivity contribution >= 4 is 0 Å². The Balaban J connectivity index is 2.45. The highest BCUT2D eigenvalue weighted by Gasteiger charge is 2.10. The Morgan fingerprint density at radius 2 is 2.06 bits per heavy atom. The monoisotopic (exact) mass is 246 g/mol. The number of hydrogen-bond donors (Lipinski definition) is 2. The first-order valence-electron chi connectivity index (χ1n) is 6.46. The summed E-state index contributed by atoms with van der Waals surface area (Å²) in [5, 5.41) is 21.9. The average molecular weight is 246 g/mol. The van der Waals surface area contributed by atoms with Crippen LogP contribution in [0.15, 0.2) is 24.3 Å². The van der Waals surface area contributed by atoms with Crippen LogP contribution in [-0.4, -0.2) is 17.8 Å². The lowest BCUT2D eigenvalue weighted by atomic mass is 10.0. The standard InChI is InChI=1S/C15H22N2O/c1-11(2)15(18)7-8-17-12(3)14-6-4-5-13(9-14)10-16/h4-6,9,11-12,15,17-18H,7-8H2,1-3H3. The molecule has 0 bridgehead atoms. The topological polar surface area (TPSA) is 56.0 Å². The molecule has 0 amide bonds. The molecule has 18 heavy (non-hydrogen) atoms. The van der Waals surface area contributed by atoms with E-state index in [0.717, 1.165) is 18.5 Å². The maximum absolute atomic E-state index is 9.71. The van der Waals surface area contributed by atoms with Crippen molar-refractivity contribution in [1.82, 2.24) is 5.32 Å². The van der Waals surface area contributed by atoms with Crippen LogP contribution in [0.25, 0.3) is 0 Å². The molecule has 0 saturated heterocycles. The molecule has 0 heterocycles. The van der Waals surface area contributed by atoms with E-state index in [9.17, 15) is 5.11 Å². The third-order valence-electron chi connectivity index (χ3n) is 3.18. The average Bonchev–Trinajstić information content (AvgIpc) is 2.38. The second-order valence-electron chi connectivity index (χ2n) is 5.01. The molecule has 0 saturated carbocycles. The van der Waals surface area contributed by atoms with Crippen LogP contribution in [0.1, 0.15) is 44.4 Å². The number of benzene rings is 1. The lowest BCUT2D eigenvalue weighted by molar-refractivity contribution is 0.115. The van der Waals surface area contributed by atoms with Crippen LogP contribution in [0.5, 0.6) is 0 Å². The van der Waals surface area contributed by atoms with Gasteiger partial charge in [0.05, 0.1) is 17.7 Å². The van der Waals surface area contributed by atoms with Crippen molar-refractivity contribution in [1.29, 1.82) is 5.26 Å². The van der Waals surface area contributed by atoms with Crippen molar-refractivity contribution in [2.24, 2.45) is 5.92 Å². The highest BCUT2D eigenvalue weighted by atomic mass is 16.3. The van der Waals surface area contributed by atoms with Gasteiger partial charge in [-0.25, -0.2) is 0 Å². The third-order valence-corrected chi connectivity index (χ3v) is 3.18. The molecule has 0 aliphatic heterocycles. The Hall–Kier alpha value is -1.37. The van der Waals surface area contributed by atoms with Crippen LogP contribution in [0, 0.1) is 17.2 Å². The van der Waals surface area contributed by atoms with Crippen molar-refractivity contribution in [3.8, 4) is 6.07 Å². The van der Waals surface area contributed by atoms with Gasteiger partial charge in [0.25, 0.3) is 0 Å². The third kappa shape index (κ3) is 4.48. The molecular formula is C15H22N2O. The van der Waals surface area contributed by atoms with E-state index >= 15 is 0 Å². The number of rotatable bonds is 6. The summed E-state index contributed by atoms with van der Waals surface area (Å²) in [5.41, 5.74) is 1.79. The van der Waals surface area contributed by atoms with Crippen LogP contribution in [0.4, 0.5) is 0 Å². The summed E-state index contributed by atoms with van der Waals surface area (Å²) in [4.78, 5) is 0. The number of nitriles is 1. The van der Waals surface area contributed by atoms with E-state index in [2.05, 4.69) is 18.3 Å². The minimum atomic E-state index is -0.254. The molecule has 2 unspecified atom stereocenters. The van der Waals surface area contributed by atoms with Gasteiger partial charge in [-0.2, -0.15) is 5.26 Å². The summed E-state index contributed by atoms with van der Waals surface area (Å²) in [5.74, 6) is 0.295. The molecule has 2 N–H and O–H groups in total. The molecule has 1 aromatic carbocycles. The van der Waals surface area contributed by atoms with Crippen LogP contribution in [0.3, 0.4) is 0 Å². The highest BCUT2D eigenvalue weighted by Crippen LogP contribution is 2.14. The predicted octanol–water partition coefficient (Wildman–Crippen LogP) is 2.62. The van der Waals surface area contributed by atoms with Crippen LogP contribution in [0.2, 0.25) is 0 Å². The van der Waals surface area contributed by atoms with Gasteiger partial charge >= 0.3 is 0 Å². The largest absolute Gasteiger partial charge is 0.393 e. The number of hydrogen-bond acceptors (Lipinski definition) is 3. The highest BCUT2D eigenvalue weighted by molar-refractivity contribution is 5.33. The maximum atomic E-state index is 9.71. The van der Waals surface area contributed by atoms with Gasteiger partial charge in [-0.1, -0.05) is 26.0 Å². The maximum Gasteiger partial charge on any atom is 0.0991 e. The Bertz CT molecular complexity index is 409. The van der Waals surface area contributed by atoms with Gasteiger partial charge in [0.15, 0.2) is 0 Å². The molecule has 3 heteroatoms. The summed E-state index contributed by atoms with van der Waals surface area (Å²) in [6.45, 7) is 6.88. The van der Waals surface area contributed by atoms with Crippen molar-refractivity contribution in [2.75, 3.05) is 6.54 Å². The van der Waals surface area contributed by atoms with E-state index in [1.54, 1.807) is 6.07 Å². The Labute approximate surface area is 109 Å². The number of aliphatic hydroxyl groups is 1. The van der Waals surface area contributed by atoms with E-state index in [1.165, 1.54) is 0 Å². The van der Waals surface area contributed by atoms with Crippen LogP contribution >= 0.6 is 0 Å². The number of aliphatic hydroxyl groups excluding tert-OH is 1. The van der Waals surface area contributed by atoms with Gasteiger partial charge in [-0.3, -0.25) is 0 Å². The van der Waals surface area contributed by atoms with E-state index in [0.29, 0.717) is 11.5 Å². The van der Waals surface area contributed by atoms with Crippen LogP contribution < -0.4 is 5.32 Å². The van der Waals surface area contributed by atoms with E-state index in [4.69, 9.17) is 5.26 Å². The second-order valence-corrected chi connectivity index (χ2v) is 5.01. The zero-order valence-electron chi connectivity index (χ0n) is 11.4. The summed E-state index contributed by atoms with van der Waals surface area (Å²) in [6, 6.07) is 9.95. The summed E-state index contributed by atoms with van der Waals surface area (Å²) in [7, 11) is 0. The fourth-order valence-electron chi connectivity index (χ4n) is 1.78. The first-order chi connectivity index (χ1) is 8.54. The minimum absolute atomic E-state index is 0.192. The van der Waals surface area contributed by atoms with Gasteiger partial charge in [-0.05, 0) is 43.5 Å². The zero-order valence-corrected chi connectivity index (χ0v) is 11.4.